The second kappa shape index (κ2) is 4.94. The topological polar surface area (TPSA) is 89.3 Å². The molecule has 5 nitrogen and oxygen atoms in total. The lowest BCUT2D eigenvalue weighted by molar-refractivity contribution is -0.124. The molecule has 0 bridgehead atoms. The summed E-state index contributed by atoms with van der Waals surface area (Å²) in [4.78, 5) is 11.4. The molecule has 0 aliphatic carbocycles. The smallest absolute Gasteiger partial charge is 0.224 e. The molecular formula is C9H20N2O3S. The largest absolute Gasteiger partial charge is 0.354 e. The van der Waals surface area contributed by atoms with Crippen LogP contribution in [0.5, 0.6) is 0 Å². The maximum Gasteiger partial charge on any atom is 0.224 e. The SMILES string of the molecule is CC(CN)C(=O)NCC(C)(C)S(C)(=O)=O. The zero-order chi connectivity index (χ0) is 12.3. The first-order valence-electron chi connectivity index (χ1n) is 4.79. The molecule has 0 rings (SSSR count). The second-order valence-corrected chi connectivity index (χ2v) is 7.04. The fourth-order valence-corrected chi connectivity index (χ4v) is 1.05. The lowest BCUT2D eigenvalue weighted by Gasteiger charge is -2.23. The van der Waals surface area contributed by atoms with Gasteiger partial charge in [-0.25, -0.2) is 8.42 Å². The summed E-state index contributed by atoms with van der Waals surface area (Å²) in [6.07, 6.45) is 1.16. The zero-order valence-electron chi connectivity index (χ0n) is 9.70. The van der Waals surface area contributed by atoms with E-state index in [-0.39, 0.29) is 24.9 Å². The van der Waals surface area contributed by atoms with Crippen LogP contribution >= 0.6 is 0 Å². The average molecular weight is 236 g/mol. The van der Waals surface area contributed by atoms with E-state index in [0.29, 0.717) is 0 Å². The van der Waals surface area contributed by atoms with E-state index in [1.165, 1.54) is 0 Å². The summed E-state index contributed by atoms with van der Waals surface area (Å²) in [6.45, 7) is 5.22. The van der Waals surface area contributed by atoms with Gasteiger partial charge in [-0.05, 0) is 13.8 Å². The Hall–Kier alpha value is -0.620. The normalized spacial score (nSPS) is 14.7. The van der Waals surface area contributed by atoms with Crippen molar-refractivity contribution in [2.45, 2.75) is 25.5 Å². The summed E-state index contributed by atoms with van der Waals surface area (Å²) in [5.41, 5.74) is 5.32. The molecule has 1 amide bonds. The maximum atomic E-state index is 11.4. The van der Waals surface area contributed by atoms with Gasteiger partial charge in [0.1, 0.15) is 0 Å². The fraction of sp³-hybridized carbons (Fsp3) is 0.889. The molecule has 1 atom stereocenters. The molecule has 90 valence electrons. The Morgan fingerprint density at radius 2 is 1.93 bits per heavy atom. The van der Waals surface area contributed by atoms with Crippen molar-refractivity contribution in [1.82, 2.24) is 5.32 Å². The van der Waals surface area contributed by atoms with Crippen molar-refractivity contribution in [2.75, 3.05) is 19.3 Å². The van der Waals surface area contributed by atoms with Crippen LogP contribution in [0.15, 0.2) is 0 Å². The highest BCUT2D eigenvalue weighted by atomic mass is 32.2. The molecule has 0 aromatic carbocycles. The van der Waals surface area contributed by atoms with Crippen LogP contribution < -0.4 is 11.1 Å². The van der Waals surface area contributed by atoms with Gasteiger partial charge >= 0.3 is 0 Å². The number of hydrogen-bond donors (Lipinski definition) is 2. The first-order chi connectivity index (χ1) is 6.62. The number of amides is 1. The van der Waals surface area contributed by atoms with Gasteiger partial charge in [0.2, 0.25) is 5.91 Å². The molecule has 15 heavy (non-hydrogen) atoms. The molecule has 0 heterocycles. The number of hydrogen-bond acceptors (Lipinski definition) is 4. The van der Waals surface area contributed by atoms with Crippen LogP contribution in [0.2, 0.25) is 0 Å². The van der Waals surface area contributed by atoms with Gasteiger partial charge < -0.3 is 11.1 Å². The lowest BCUT2D eigenvalue weighted by Crippen LogP contribution is -2.45. The lowest BCUT2D eigenvalue weighted by atomic mass is 10.1. The van der Waals surface area contributed by atoms with Crippen LogP contribution in [-0.2, 0) is 14.6 Å². The number of carbonyl (C=O) groups excluding carboxylic acids is 1. The number of nitrogens with two attached hydrogens (primary N) is 1. The highest BCUT2D eigenvalue weighted by Gasteiger charge is 2.30. The molecule has 0 aliphatic rings. The van der Waals surface area contributed by atoms with Gasteiger partial charge in [-0.15, -0.1) is 0 Å². The minimum atomic E-state index is -3.18. The third-order valence-corrected chi connectivity index (χ3v) is 4.65. The van der Waals surface area contributed by atoms with Crippen molar-refractivity contribution in [1.29, 1.82) is 0 Å². The minimum Gasteiger partial charge on any atom is -0.354 e. The third kappa shape index (κ3) is 4.17. The standard InChI is InChI=1S/C9H20N2O3S/c1-7(5-10)8(12)11-6-9(2,3)15(4,13)14/h7H,5-6,10H2,1-4H3,(H,11,12). The summed E-state index contributed by atoms with van der Waals surface area (Å²) in [7, 11) is -3.18. The third-order valence-electron chi connectivity index (χ3n) is 2.49. The first kappa shape index (κ1) is 14.4. The molecule has 1 unspecified atom stereocenters. The quantitative estimate of drug-likeness (QED) is 0.675. The summed E-state index contributed by atoms with van der Waals surface area (Å²) in [5, 5.41) is 2.58. The summed E-state index contributed by atoms with van der Waals surface area (Å²) in [5.74, 6) is -0.505. The number of rotatable bonds is 5. The van der Waals surface area contributed by atoms with Gasteiger partial charge in [-0.2, -0.15) is 0 Å². The van der Waals surface area contributed by atoms with Crippen molar-refractivity contribution >= 4 is 15.7 Å². The van der Waals surface area contributed by atoms with Gasteiger partial charge in [0.05, 0.1) is 4.75 Å². The van der Waals surface area contributed by atoms with E-state index in [0.717, 1.165) is 6.26 Å². The molecule has 0 spiro atoms. The second-order valence-electron chi connectivity index (χ2n) is 4.39. The van der Waals surface area contributed by atoms with Crippen molar-refractivity contribution in [2.24, 2.45) is 11.7 Å². The number of carbonyl (C=O) groups is 1. The summed E-state index contributed by atoms with van der Waals surface area (Å²) < 4.78 is 21.7. The highest BCUT2D eigenvalue weighted by molar-refractivity contribution is 7.92. The van der Waals surface area contributed by atoms with Gasteiger partial charge in [0.15, 0.2) is 9.84 Å². The summed E-state index contributed by atoms with van der Waals surface area (Å²) >= 11 is 0. The molecule has 0 saturated carbocycles. The van der Waals surface area contributed by atoms with Crippen molar-refractivity contribution in [3.05, 3.63) is 0 Å². The van der Waals surface area contributed by atoms with E-state index >= 15 is 0 Å². The predicted octanol–water partition coefficient (Wildman–Crippen LogP) is -0.479. The Kier molecular flexibility index (Phi) is 4.73. The van der Waals surface area contributed by atoms with Crippen LogP contribution in [0.3, 0.4) is 0 Å². The van der Waals surface area contributed by atoms with Crippen LogP contribution in [-0.4, -0.2) is 38.4 Å². The van der Waals surface area contributed by atoms with Crippen molar-refractivity contribution in [3.63, 3.8) is 0 Å². The Morgan fingerprint density at radius 1 is 1.47 bits per heavy atom. The molecule has 0 fully saturated rings. The zero-order valence-corrected chi connectivity index (χ0v) is 10.5. The molecular weight excluding hydrogens is 216 g/mol. The van der Waals surface area contributed by atoms with E-state index in [4.69, 9.17) is 5.73 Å². The molecule has 3 N–H and O–H groups in total. The molecule has 0 aromatic heterocycles. The molecule has 0 saturated heterocycles. The Bertz CT molecular complexity index is 322. The number of sulfone groups is 1. The predicted molar refractivity (Wildman–Crippen MR) is 60.2 cm³/mol. The average Bonchev–Trinajstić information content (AvgIpc) is 2.11. The van der Waals surface area contributed by atoms with Crippen molar-refractivity contribution in [3.8, 4) is 0 Å². The Balaban J connectivity index is 4.35. The van der Waals surface area contributed by atoms with Gasteiger partial charge in [0.25, 0.3) is 0 Å². The molecule has 0 aromatic rings. The van der Waals surface area contributed by atoms with E-state index in [1.807, 2.05) is 0 Å². The Morgan fingerprint density at radius 3 is 2.27 bits per heavy atom. The van der Waals surface area contributed by atoms with E-state index in [1.54, 1.807) is 20.8 Å². The van der Waals surface area contributed by atoms with Gasteiger partial charge in [0, 0.05) is 25.3 Å². The fourth-order valence-electron chi connectivity index (χ4n) is 0.712. The van der Waals surface area contributed by atoms with E-state index in [9.17, 15) is 13.2 Å². The van der Waals surface area contributed by atoms with Crippen molar-refractivity contribution < 1.29 is 13.2 Å². The monoisotopic (exact) mass is 236 g/mol. The molecule has 0 radical (unpaired) electrons. The van der Waals surface area contributed by atoms with Crippen LogP contribution in [0.25, 0.3) is 0 Å². The van der Waals surface area contributed by atoms with Crippen LogP contribution in [0.1, 0.15) is 20.8 Å². The molecule has 6 heteroatoms. The highest BCUT2D eigenvalue weighted by Crippen LogP contribution is 2.13. The number of nitrogens with one attached hydrogen (secondary N) is 1. The first-order valence-corrected chi connectivity index (χ1v) is 6.68. The van der Waals surface area contributed by atoms with Gasteiger partial charge in [-0.3, -0.25) is 4.79 Å². The maximum absolute atomic E-state index is 11.4. The van der Waals surface area contributed by atoms with E-state index < -0.39 is 14.6 Å². The Labute approximate surface area is 91.3 Å². The van der Waals surface area contributed by atoms with Crippen LogP contribution in [0, 0.1) is 5.92 Å². The van der Waals surface area contributed by atoms with Gasteiger partial charge in [-0.1, -0.05) is 6.92 Å². The van der Waals surface area contributed by atoms with Crippen LogP contribution in [0.4, 0.5) is 0 Å². The molecule has 0 aliphatic heterocycles. The van der Waals surface area contributed by atoms with E-state index in [2.05, 4.69) is 5.32 Å². The summed E-state index contributed by atoms with van der Waals surface area (Å²) in [6, 6.07) is 0. The minimum absolute atomic E-state index is 0.106.